The van der Waals surface area contributed by atoms with E-state index in [0.717, 1.165) is 5.56 Å². The Balaban J connectivity index is 1.92. The molecule has 0 spiro atoms. The largest absolute Gasteiger partial charge is 0.298 e. The molecular weight excluding hydrogens is 355 g/mol. The minimum atomic E-state index is -0.0530. The van der Waals surface area contributed by atoms with Gasteiger partial charge >= 0.3 is 0 Å². The van der Waals surface area contributed by atoms with E-state index in [-0.39, 0.29) is 11.3 Å². The van der Waals surface area contributed by atoms with Crippen molar-refractivity contribution in [2.24, 2.45) is 0 Å². The number of Topliss-reactive ketones (excluding diaryl/α,β-unsaturated/α-hetero) is 1. The van der Waals surface area contributed by atoms with Crippen molar-refractivity contribution in [3.8, 4) is 0 Å². The first-order valence-electron chi connectivity index (χ1n) is 5.96. The maximum absolute atomic E-state index is 11.9. The molecule has 2 rings (SSSR count). The van der Waals surface area contributed by atoms with Crippen LogP contribution in [0.1, 0.15) is 23.2 Å². The Labute approximate surface area is 124 Å². The van der Waals surface area contributed by atoms with Crippen molar-refractivity contribution in [2.75, 3.05) is 0 Å². The molecule has 0 amide bonds. The molecule has 1 aromatic carbocycles. The van der Waals surface area contributed by atoms with Crippen molar-refractivity contribution < 1.29 is 4.79 Å². The maximum Gasteiger partial charge on any atom is 0.266 e. The summed E-state index contributed by atoms with van der Waals surface area (Å²) in [7, 11) is 0. The third-order valence-corrected chi connectivity index (χ3v) is 3.50. The summed E-state index contributed by atoms with van der Waals surface area (Å²) in [6, 6.07) is 9.19. The maximum atomic E-state index is 11.9. The van der Waals surface area contributed by atoms with Gasteiger partial charge in [-0.3, -0.25) is 14.2 Å². The van der Waals surface area contributed by atoms with Crippen molar-refractivity contribution in [2.45, 2.75) is 19.4 Å². The van der Waals surface area contributed by atoms with E-state index in [0.29, 0.717) is 23.0 Å². The van der Waals surface area contributed by atoms with Gasteiger partial charge in [-0.1, -0.05) is 30.3 Å². The predicted octanol–water partition coefficient (Wildman–Crippen LogP) is 2.51. The van der Waals surface area contributed by atoms with Crippen molar-refractivity contribution in [1.29, 1.82) is 0 Å². The van der Waals surface area contributed by atoms with Crippen LogP contribution in [0.3, 0.4) is 0 Å². The summed E-state index contributed by atoms with van der Waals surface area (Å²) in [5, 5.41) is 0. The smallest absolute Gasteiger partial charge is 0.266 e. The number of ketones is 1. The highest BCUT2D eigenvalue weighted by Gasteiger charge is 2.06. The third-order valence-electron chi connectivity index (χ3n) is 2.76. The number of nitrogens with zero attached hydrogens (tertiary/aromatic N) is 2. The fraction of sp³-hybridized carbons (Fsp3) is 0.214. The minimum absolute atomic E-state index is 0.0530. The molecule has 0 fully saturated rings. The van der Waals surface area contributed by atoms with Gasteiger partial charge in [0.05, 0.1) is 9.90 Å². The molecule has 0 aliphatic carbocycles. The summed E-state index contributed by atoms with van der Waals surface area (Å²) >= 11 is 1.96. The van der Waals surface area contributed by atoms with E-state index >= 15 is 0 Å². The molecule has 2 aromatic rings. The Hall–Kier alpha value is -1.50. The standard InChI is InChI=1S/C14H13IN2O2/c15-12-9-16-10-17(14(12)19)8-4-7-13(18)11-5-2-1-3-6-11/h1-3,5-6,9-10H,4,7-8H2. The fourth-order valence-corrected chi connectivity index (χ4v) is 2.23. The summed E-state index contributed by atoms with van der Waals surface area (Å²) in [5.74, 6) is 0.104. The number of hydrogen-bond acceptors (Lipinski definition) is 3. The quantitative estimate of drug-likeness (QED) is 0.602. The third kappa shape index (κ3) is 3.73. The molecule has 0 bridgehead atoms. The summed E-state index contributed by atoms with van der Waals surface area (Å²) in [6.45, 7) is 0.515. The van der Waals surface area contributed by atoms with Gasteiger partial charge in [0.25, 0.3) is 5.56 Å². The molecule has 98 valence electrons. The average molecular weight is 368 g/mol. The Bertz CT molecular complexity index is 623. The molecule has 1 heterocycles. The molecule has 1 aromatic heterocycles. The van der Waals surface area contributed by atoms with Gasteiger partial charge in [-0.05, 0) is 29.0 Å². The molecule has 19 heavy (non-hydrogen) atoms. The first-order chi connectivity index (χ1) is 9.18. The monoisotopic (exact) mass is 368 g/mol. The lowest BCUT2D eigenvalue weighted by Crippen LogP contribution is -2.22. The second-order valence-corrected chi connectivity index (χ2v) is 5.30. The number of hydrogen-bond donors (Lipinski definition) is 0. The van der Waals surface area contributed by atoms with E-state index in [4.69, 9.17) is 0 Å². The molecule has 0 aliphatic heterocycles. The lowest BCUT2D eigenvalue weighted by Gasteiger charge is -2.05. The Morgan fingerprint density at radius 1 is 1.26 bits per heavy atom. The number of aryl methyl sites for hydroxylation is 1. The van der Waals surface area contributed by atoms with Crippen LogP contribution in [-0.4, -0.2) is 15.3 Å². The fourth-order valence-electron chi connectivity index (χ4n) is 1.76. The van der Waals surface area contributed by atoms with Gasteiger partial charge in [0, 0.05) is 24.7 Å². The van der Waals surface area contributed by atoms with Crippen LogP contribution in [-0.2, 0) is 6.54 Å². The topological polar surface area (TPSA) is 52.0 Å². The van der Waals surface area contributed by atoms with E-state index in [1.165, 1.54) is 12.5 Å². The lowest BCUT2D eigenvalue weighted by molar-refractivity contribution is 0.0978. The number of rotatable bonds is 5. The molecule has 4 nitrogen and oxygen atoms in total. The van der Waals surface area contributed by atoms with E-state index in [2.05, 4.69) is 4.98 Å². The van der Waals surface area contributed by atoms with Crippen LogP contribution in [0.4, 0.5) is 0 Å². The minimum Gasteiger partial charge on any atom is -0.298 e. The van der Waals surface area contributed by atoms with Crippen molar-refractivity contribution in [3.05, 3.63) is 62.3 Å². The number of halogens is 1. The van der Waals surface area contributed by atoms with Gasteiger partial charge in [-0.2, -0.15) is 0 Å². The second-order valence-electron chi connectivity index (χ2n) is 4.13. The van der Waals surface area contributed by atoms with Gasteiger partial charge in [-0.25, -0.2) is 4.98 Å². The molecule has 0 saturated carbocycles. The van der Waals surface area contributed by atoms with Crippen LogP contribution >= 0.6 is 22.6 Å². The van der Waals surface area contributed by atoms with Gasteiger partial charge in [0.1, 0.15) is 0 Å². The number of carbonyl (C=O) groups excluding carboxylic acids is 1. The zero-order chi connectivity index (χ0) is 13.7. The SMILES string of the molecule is O=C(CCCn1cncc(I)c1=O)c1ccccc1. The molecule has 0 atom stereocenters. The number of carbonyl (C=O) groups is 1. The van der Waals surface area contributed by atoms with Crippen LogP contribution in [0.2, 0.25) is 0 Å². The normalized spacial score (nSPS) is 10.4. The predicted molar refractivity (Wildman–Crippen MR) is 81.2 cm³/mol. The summed E-state index contributed by atoms with van der Waals surface area (Å²) < 4.78 is 2.13. The average Bonchev–Trinajstić information content (AvgIpc) is 2.44. The zero-order valence-corrected chi connectivity index (χ0v) is 12.4. The van der Waals surface area contributed by atoms with E-state index < -0.39 is 0 Å². The van der Waals surface area contributed by atoms with Gasteiger partial charge in [0.15, 0.2) is 5.78 Å². The van der Waals surface area contributed by atoms with Crippen molar-refractivity contribution in [3.63, 3.8) is 0 Å². The van der Waals surface area contributed by atoms with Gasteiger partial charge in [-0.15, -0.1) is 0 Å². The molecule has 5 heteroatoms. The van der Waals surface area contributed by atoms with E-state index in [1.54, 1.807) is 4.57 Å². The van der Waals surface area contributed by atoms with Gasteiger partial charge in [0.2, 0.25) is 0 Å². The van der Waals surface area contributed by atoms with E-state index in [9.17, 15) is 9.59 Å². The molecule has 0 N–H and O–H groups in total. The molecule has 0 saturated heterocycles. The molecule has 0 unspecified atom stereocenters. The summed E-state index contributed by atoms with van der Waals surface area (Å²) in [4.78, 5) is 27.6. The van der Waals surface area contributed by atoms with Crippen LogP contribution in [0, 0.1) is 3.57 Å². The van der Waals surface area contributed by atoms with Gasteiger partial charge < -0.3 is 0 Å². The lowest BCUT2D eigenvalue weighted by atomic mass is 10.1. The first-order valence-corrected chi connectivity index (χ1v) is 7.04. The highest BCUT2D eigenvalue weighted by Crippen LogP contribution is 2.05. The number of benzene rings is 1. The second kappa shape index (κ2) is 6.60. The van der Waals surface area contributed by atoms with Crippen LogP contribution < -0.4 is 5.56 Å². The van der Waals surface area contributed by atoms with Crippen molar-refractivity contribution in [1.82, 2.24) is 9.55 Å². The highest BCUT2D eigenvalue weighted by atomic mass is 127. The van der Waals surface area contributed by atoms with Crippen molar-refractivity contribution >= 4 is 28.4 Å². The summed E-state index contributed by atoms with van der Waals surface area (Å²) in [5.41, 5.74) is 0.665. The van der Waals surface area contributed by atoms with Crippen LogP contribution in [0.25, 0.3) is 0 Å². The molecule has 0 aliphatic rings. The summed E-state index contributed by atoms with van der Waals surface area (Å²) in [6.07, 6.45) is 4.11. The molecular formula is C14H13IN2O2. The Kier molecular flexibility index (Phi) is 4.84. The zero-order valence-electron chi connectivity index (χ0n) is 10.3. The Morgan fingerprint density at radius 2 is 2.00 bits per heavy atom. The van der Waals surface area contributed by atoms with Crippen LogP contribution in [0.15, 0.2) is 47.7 Å². The molecule has 0 radical (unpaired) electrons. The van der Waals surface area contributed by atoms with Crippen LogP contribution in [0.5, 0.6) is 0 Å². The number of aromatic nitrogens is 2. The Morgan fingerprint density at radius 3 is 2.74 bits per heavy atom. The highest BCUT2D eigenvalue weighted by molar-refractivity contribution is 14.1. The van der Waals surface area contributed by atoms with E-state index in [1.807, 2.05) is 52.9 Å². The first kappa shape index (κ1) is 13.9.